The van der Waals surface area contributed by atoms with Crippen LogP contribution in [0.2, 0.25) is 0 Å². The molecule has 7 nitrogen and oxygen atoms in total. The highest BCUT2D eigenvalue weighted by atomic mass is 16.5. The Hall–Kier alpha value is -1.63. The van der Waals surface area contributed by atoms with Crippen molar-refractivity contribution in [2.75, 3.05) is 19.8 Å². The lowest BCUT2D eigenvalue weighted by Crippen LogP contribution is -2.41. The number of nitrogens with one attached hydrogen (secondary N) is 1. The van der Waals surface area contributed by atoms with Crippen LogP contribution in [0, 0.1) is 0 Å². The molecule has 2 N–H and O–H groups in total. The van der Waals surface area contributed by atoms with E-state index >= 15 is 0 Å². The first kappa shape index (κ1) is 18.4. The molecule has 0 saturated carbocycles. The minimum atomic E-state index is -1.16. The van der Waals surface area contributed by atoms with Gasteiger partial charge in [0.25, 0.3) is 0 Å². The number of rotatable bonds is 11. The number of aliphatic carboxylic acids is 1. The molecule has 116 valence electrons. The van der Waals surface area contributed by atoms with Crippen molar-refractivity contribution in [3.05, 3.63) is 0 Å². The van der Waals surface area contributed by atoms with Crippen molar-refractivity contribution in [2.45, 2.75) is 45.6 Å². The molecule has 0 aliphatic rings. The molecule has 0 saturated heterocycles. The molecule has 7 heteroatoms. The molecular formula is C13H23NO6. The number of hydrogen-bond donors (Lipinski definition) is 2. The summed E-state index contributed by atoms with van der Waals surface area (Å²) in [5, 5.41) is 11.4. The number of carboxylic acids is 1. The highest BCUT2D eigenvalue weighted by Gasteiger charge is 2.21. The first-order valence-corrected chi connectivity index (χ1v) is 6.76. The molecule has 0 aliphatic heterocycles. The largest absolute Gasteiger partial charge is 0.480 e. The molecule has 0 unspecified atom stereocenters. The first-order chi connectivity index (χ1) is 9.51. The van der Waals surface area contributed by atoms with Crippen LogP contribution in [-0.4, -0.2) is 48.8 Å². The summed E-state index contributed by atoms with van der Waals surface area (Å²) in [5.41, 5.74) is 0. The fourth-order valence-corrected chi connectivity index (χ4v) is 1.50. The van der Waals surface area contributed by atoms with E-state index < -0.39 is 18.0 Å². The second kappa shape index (κ2) is 11.2. The summed E-state index contributed by atoms with van der Waals surface area (Å²) in [7, 11) is 0. The summed E-state index contributed by atoms with van der Waals surface area (Å²) in [4.78, 5) is 33.7. The Morgan fingerprint density at radius 2 is 1.85 bits per heavy atom. The molecule has 0 bridgehead atoms. The van der Waals surface area contributed by atoms with Crippen molar-refractivity contribution in [1.29, 1.82) is 0 Å². The minimum absolute atomic E-state index is 0.0192. The zero-order valence-corrected chi connectivity index (χ0v) is 12.0. The molecule has 0 fully saturated rings. The molecule has 20 heavy (non-hydrogen) atoms. The molecule has 0 heterocycles. The van der Waals surface area contributed by atoms with Gasteiger partial charge in [0.05, 0.1) is 6.61 Å². The number of hydrogen-bond acceptors (Lipinski definition) is 5. The Bertz CT molecular complexity index is 318. The van der Waals surface area contributed by atoms with E-state index in [1.165, 1.54) is 0 Å². The molecule has 1 amide bonds. The summed E-state index contributed by atoms with van der Waals surface area (Å²) in [6.45, 7) is 4.83. The highest BCUT2D eigenvalue weighted by molar-refractivity contribution is 5.84. The summed E-state index contributed by atoms with van der Waals surface area (Å²) in [5.74, 6) is -1.99. The van der Waals surface area contributed by atoms with Crippen LogP contribution >= 0.6 is 0 Å². The number of carbonyl (C=O) groups excluding carboxylic acids is 2. The Morgan fingerprint density at radius 3 is 2.40 bits per heavy atom. The Labute approximate surface area is 118 Å². The van der Waals surface area contributed by atoms with Gasteiger partial charge in [-0.1, -0.05) is 0 Å². The lowest BCUT2D eigenvalue weighted by molar-refractivity contribution is -0.145. The summed E-state index contributed by atoms with van der Waals surface area (Å²) >= 11 is 0. The van der Waals surface area contributed by atoms with Gasteiger partial charge in [0.1, 0.15) is 6.04 Å². The van der Waals surface area contributed by atoms with Crippen molar-refractivity contribution in [3.8, 4) is 0 Å². The predicted molar refractivity (Wildman–Crippen MR) is 71.2 cm³/mol. The van der Waals surface area contributed by atoms with E-state index in [2.05, 4.69) is 5.32 Å². The number of amides is 1. The SMILES string of the molecule is CCOCCCC(=O)N[C@@H](CCC(=O)OCC)C(=O)O. The number of ether oxygens (including phenoxy) is 2. The third-order valence-electron chi connectivity index (χ3n) is 2.47. The average molecular weight is 289 g/mol. The van der Waals surface area contributed by atoms with E-state index in [1.54, 1.807) is 6.92 Å². The molecule has 0 aliphatic carbocycles. The van der Waals surface area contributed by atoms with Crippen LogP contribution in [0.3, 0.4) is 0 Å². The van der Waals surface area contributed by atoms with Crippen molar-refractivity contribution in [2.24, 2.45) is 0 Å². The number of esters is 1. The molecule has 0 aromatic carbocycles. The quantitative estimate of drug-likeness (QED) is 0.429. The molecule has 1 atom stereocenters. The van der Waals surface area contributed by atoms with Gasteiger partial charge in [-0.15, -0.1) is 0 Å². The Balaban J connectivity index is 4.03. The zero-order valence-electron chi connectivity index (χ0n) is 12.0. The normalized spacial score (nSPS) is 11.7. The van der Waals surface area contributed by atoms with Gasteiger partial charge in [-0.05, 0) is 26.7 Å². The number of carboxylic acid groups (broad SMARTS) is 1. The summed E-state index contributed by atoms with van der Waals surface area (Å²) in [6.07, 6.45) is 0.711. The van der Waals surface area contributed by atoms with Crippen LogP contribution in [-0.2, 0) is 23.9 Å². The van der Waals surface area contributed by atoms with E-state index in [1.807, 2.05) is 6.92 Å². The summed E-state index contributed by atoms with van der Waals surface area (Å²) < 4.78 is 9.79. The van der Waals surface area contributed by atoms with Crippen LogP contribution in [0.4, 0.5) is 0 Å². The second-order valence-electron chi connectivity index (χ2n) is 4.10. The van der Waals surface area contributed by atoms with Gasteiger partial charge in [-0.3, -0.25) is 9.59 Å². The van der Waals surface area contributed by atoms with E-state index in [4.69, 9.17) is 14.6 Å². The van der Waals surface area contributed by atoms with Crippen molar-refractivity contribution < 1.29 is 29.0 Å². The lowest BCUT2D eigenvalue weighted by atomic mass is 10.1. The minimum Gasteiger partial charge on any atom is -0.480 e. The van der Waals surface area contributed by atoms with Crippen molar-refractivity contribution in [1.82, 2.24) is 5.32 Å². The van der Waals surface area contributed by atoms with Crippen molar-refractivity contribution in [3.63, 3.8) is 0 Å². The van der Waals surface area contributed by atoms with Gasteiger partial charge in [0.15, 0.2) is 0 Å². The Morgan fingerprint density at radius 1 is 1.15 bits per heavy atom. The van der Waals surface area contributed by atoms with E-state index in [0.29, 0.717) is 19.6 Å². The van der Waals surface area contributed by atoms with Crippen LogP contribution in [0.1, 0.15) is 39.5 Å². The van der Waals surface area contributed by atoms with Crippen LogP contribution in [0.5, 0.6) is 0 Å². The standard InChI is InChI=1S/C13H23NO6/c1-3-19-9-5-6-11(15)14-10(13(17)18)7-8-12(16)20-4-2/h10H,3-9H2,1-2H3,(H,14,15)(H,17,18)/t10-/m0/s1. The first-order valence-electron chi connectivity index (χ1n) is 6.76. The topological polar surface area (TPSA) is 102 Å². The molecule has 0 radical (unpaired) electrons. The fourth-order valence-electron chi connectivity index (χ4n) is 1.50. The van der Waals surface area contributed by atoms with Gasteiger partial charge < -0.3 is 19.9 Å². The van der Waals surface area contributed by atoms with E-state index in [-0.39, 0.29) is 31.8 Å². The lowest BCUT2D eigenvalue weighted by Gasteiger charge is -2.14. The van der Waals surface area contributed by atoms with Gasteiger partial charge in [-0.25, -0.2) is 4.79 Å². The maximum atomic E-state index is 11.5. The fraction of sp³-hybridized carbons (Fsp3) is 0.769. The average Bonchev–Trinajstić information content (AvgIpc) is 2.39. The predicted octanol–water partition coefficient (Wildman–Crippen LogP) is 0.716. The molecule has 0 rings (SSSR count). The molecule has 0 aromatic rings. The third kappa shape index (κ3) is 9.32. The van der Waals surface area contributed by atoms with E-state index in [0.717, 1.165) is 0 Å². The van der Waals surface area contributed by atoms with Gasteiger partial charge in [-0.2, -0.15) is 0 Å². The van der Waals surface area contributed by atoms with Crippen LogP contribution in [0.25, 0.3) is 0 Å². The molecule has 0 spiro atoms. The molecular weight excluding hydrogens is 266 g/mol. The Kier molecular flexibility index (Phi) is 10.3. The monoisotopic (exact) mass is 289 g/mol. The van der Waals surface area contributed by atoms with Crippen LogP contribution < -0.4 is 5.32 Å². The maximum absolute atomic E-state index is 11.5. The van der Waals surface area contributed by atoms with Gasteiger partial charge >= 0.3 is 11.9 Å². The van der Waals surface area contributed by atoms with Gasteiger partial charge in [0, 0.05) is 26.1 Å². The highest BCUT2D eigenvalue weighted by Crippen LogP contribution is 2.01. The second-order valence-corrected chi connectivity index (χ2v) is 4.10. The summed E-state index contributed by atoms with van der Waals surface area (Å²) in [6, 6.07) is -1.07. The smallest absolute Gasteiger partial charge is 0.326 e. The zero-order chi connectivity index (χ0) is 15.4. The maximum Gasteiger partial charge on any atom is 0.326 e. The van der Waals surface area contributed by atoms with Crippen molar-refractivity contribution >= 4 is 17.8 Å². The van der Waals surface area contributed by atoms with Gasteiger partial charge in [0.2, 0.25) is 5.91 Å². The van der Waals surface area contributed by atoms with E-state index in [9.17, 15) is 14.4 Å². The van der Waals surface area contributed by atoms with Crippen LogP contribution in [0.15, 0.2) is 0 Å². The third-order valence-corrected chi connectivity index (χ3v) is 2.47. The number of carbonyl (C=O) groups is 3. The molecule has 0 aromatic heterocycles.